The molecular formula is C24H36N4O2S2. The molecule has 2 aromatic heterocycles. The van der Waals surface area contributed by atoms with Gasteiger partial charge in [0, 0.05) is 41.5 Å². The van der Waals surface area contributed by atoms with E-state index in [1.54, 1.807) is 22.7 Å². The highest BCUT2D eigenvalue weighted by Gasteiger charge is 2.24. The number of hydrogen-bond acceptors (Lipinski definition) is 7. The molecule has 0 radical (unpaired) electrons. The Kier molecular flexibility index (Phi) is 8.55. The number of ether oxygens (including phenoxy) is 1. The lowest BCUT2D eigenvalue weighted by molar-refractivity contribution is -0.121. The fourth-order valence-electron chi connectivity index (χ4n) is 4.75. The third-order valence-corrected chi connectivity index (χ3v) is 8.56. The summed E-state index contributed by atoms with van der Waals surface area (Å²) in [5.41, 5.74) is 1.26. The Morgan fingerprint density at radius 3 is 2.78 bits per heavy atom. The SMILES string of the molecule is CCCOc1nc2c(s1)CCN(CC[C@H]1CC[C@H](NC(=O)Cc3cnc(C)s3)CC1)CC2. The molecule has 0 aromatic carbocycles. The summed E-state index contributed by atoms with van der Waals surface area (Å²) in [7, 11) is 0. The molecule has 0 unspecified atom stereocenters. The molecule has 1 amide bonds. The van der Waals surface area contributed by atoms with Crippen molar-refractivity contribution in [3.63, 3.8) is 0 Å². The number of thiazole rings is 2. The van der Waals surface area contributed by atoms with Gasteiger partial charge in [-0.3, -0.25) is 4.79 Å². The van der Waals surface area contributed by atoms with E-state index in [0.29, 0.717) is 12.5 Å². The fraction of sp³-hybridized carbons (Fsp3) is 0.708. The summed E-state index contributed by atoms with van der Waals surface area (Å²) in [6.07, 6.45) is 11.4. The van der Waals surface area contributed by atoms with Crippen molar-refractivity contribution in [2.45, 2.75) is 77.7 Å². The lowest BCUT2D eigenvalue weighted by Crippen LogP contribution is -2.38. The fourth-order valence-corrected chi connectivity index (χ4v) is 6.51. The van der Waals surface area contributed by atoms with E-state index >= 15 is 0 Å². The second-order valence-electron chi connectivity index (χ2n) is 9.14. The highest BCUT2D eigenvalue weighted by atomic mass is 32.1. The van der Waals surface area contributed by atoms with E-state index in [1.165, 1.54) is 36.4 Å². The molecule has 1 N–H and O–H groups in total. The summed E-state index contributed by atoms with van der Waals surface area (Å²) in [6.45, 7) is 8.28. The van der Waals surface area contributed by atoms with Crippen LogP contribution in [0.25, 0.3) is 0 Å². The molecule has 4 rings (SSSR count). The van der Waals surface area contributed by atoms with Crippen molar-refractivity contribution >= 4 is 28.6 Å². The highest BCUT2D eigenvalue weighted by molar-refractivity contribution is 7.13. The number of aromatic nitrogens is 2. The summed E-state index contributed by atoms with van der Waals surface area (Å²) in [5, 5.41) is 5.13. The number of rotatable bonds is 9. The van der Waals surface area contributed by atoms with Crippen LogP contribution in [0.1, 0.15) is 65.9 Å². The summed E-state index contributed by atoms with van der Waals surface area (Å²) >= 11 is 3.36. The van der Waals surface area contributed by atoms with Crippen molar-refractivity contribution in [3.8, 4) is 5.19 Å². The van der Waals surface area contributed by atoms with Crippen molar-refractivity contribution < 1.29 is 9.53 Å². The molecule has 2 aromatic rings. The molecule has 8 heteroatoms. The standard InChI is InChI=1S/C24H36N4O2S2/c1-3-14-30-24-27-21-9-12-28(13-10-22(21)32-24)11-8-18-4-6-19(7-5-18)26-23(29)15-20-16-25-17(2)31-20/h16,18-19H,3-15H2,1-2H3,(H,26,29)/t18-,19-. The smallest absolute Gasteiger partial charge is 0.273 e. The minimum Gasteiger partial charge on any atom is -0.470 e. The number of amides is 1. The molecule has 0 bridgehead atoms. The van der Waals surface area contributed by atoms with Gasteiger partial charge in [0.25, 0.3) is 5.19 Å². The Bertz CT molecular complexity index is 848. The molecule has 1 aliphatic carbocycles. The maximum absolute atomic E-state index is 12.3. The van der Waals surface area contributed by atoms with Crippen LogP contribution in [-0.2, 0) is 24.1 Å². The molecule has 6 nitrogen and oxygen atoms in total. The first-order valence-electron chi connectivity index (χ1n) is 12.1. The molecule has 1 aliphatic heterocycles. The van der Waals surface area contributed by atoms with Gasteiger partial charge in [0.2, 0.25) is 5.91 Å². The van der Waals surface area contributed by atoms with Gasteiger partial charge in [-0.2, -0.15) is 0 Å². The Hall–Kier alpha value is -1.51. The average molecular weight is 477 g/mol. The number of nitrogens with zero attached hydrogens (tertiary/aromatic N) is 3. The van der Waals surface area contributed by atoms with Crippen molar-refractivity contribution in [2.24, 2.45) is 5.92 Å². The molecule has 1 saturated carbocycles. The molecule has 3 heterocycles. The Labute approximate surface area is 199 Å². The van der Waals surface area contributed by atoms with E-state index in [0.717, 1.165) is 72.8 Å². The number of fused-ring (bicyclic) bond motifs is 1. The van der Waals surface area contributed by atoms with Crippen molar-refractivity contribution in [3.05, 3.63) is 26.7 Å². The quantitative estimate of drug-likeness (QED) is 0.581. The highest BCUT2D eigenvalue weighted by Crippen LogP contribution is 2.30. The lowest BCUT2D eigenvalue weighted by atomic mass is 9.84. The first-order valence-corrected chi connectivity index (χ1v) is 13.8. The Balaban J connectivity index is 1.13. The van der Waals surface area contributed by atoms with Crippen LogP contribution in [0.15, 0.2) is 6.20 Å². The molecule has 176 valence electrons. The molecule has 32 heavy (non-hydrogen) atoms. The Morgan fingerprint density at radius 2 is 2.03 bits per heavy atom. The molecule has 0 saturated heterocycles. The molecule has 2 aliphatic rings. The van der Waals surface area contributed by atoms with Gasteiger partial charge in [-0.25, -0.2) is 9.97 Å². The zero-order valence-electron chi connectivity index (χ0n) is 19.4. The predicted molar refractivity (Wildman–Crippen MR) is 131 cm³/mol. The predicted octanol–water partition coefficient (Wildman–Crippen LogP) is 4.41. The van der Waals surface area contributed by atoms with Gasteiger partial charge in [0.15, 0.2) is 0 Å². The number of nitrogens with one attached hydrogen (secondary N) is 1. The zero-order valence-corrected chi connectivity index (χ0v) is 21.0. The van der Waals surface area contributed by atoms with Gasteiger partial charge in [-0.05, 0) is 64.3 Å². The maximum atomic E-state index is 12.3. The molecule has 1 fully saturated rings. The third-order valence-electron chi connectivity index (χ3n) is 6.58. The van der Waals surface area contributed by atoms with Gasteiger partial charge in [0.05, 0.1) is 23.7 Å². The van der Waals surface area contributed by atoms with Crippen LogP contribution >= 0.6 is 22.7 Å². The first-order chi connectivity index (χ1) is 15.6. The first kappa shape index (κ1) is 23.6. The van der Waals surface area contributed by atoms with Crippen LogP contribution in [0.4, 0.5) is 0 Å². The average Bonchev–Trinajstić information content (AvgIpc) is 3.32. The molecule has 0 atom stereocenters. The van der Waals surface area contributed by atoms with Gasteiger partial charge in [0.1, 0.15) is 0 Å². The van der Waals surface area contributed by atoms with E-state index in [2.05, 4.69) is 22.1 Å². The van der Waals surface area contributed by atoms with Gasteiger partial charge in [-0.15, -0.1) is 11.3 Å². The van der Waals surface area contributed by atoms with Crippen LogP contribution < -0.4 is 10.1 Å². The van der Waals surface area contributed by atoms with E-state index in [-0.39, 0.29) is 5.91 Å². The minimum absolute atomic E-state index is 0.144. The maximum Gasteiger partial charge on any atom is 0.273 e. The number of hydrogen-bond donors (Lipinski definition) is 1. The van der Waals surface area contributed by atoms with Crippen LogP contribution in [-0.4, -0.2) is 53.1 Å². The van der Waals surface area contributed by atoms with E-state index < -0.39 is 0 Å². The van der Waals surface area contributed by atoms with Crippen LogP contribution in [0.2, 0.25) is 0 Å². The topological polar surface area (TPSA) is 67.3 Å². The van der Waals surface area contributed by atoms with Crippen LogP contribution in [0.5, 0.6) is 5.19 Å². The van der Waals surface area contributed by atoms with Crippen molar-refractivity contribution in [1.82, 2.24) is 20.2 Å². The van der Waals surface area contributed by atoms with Gasteiger partial charge >= 0.3 is 0 Å². The monoisotopic (exact) mass is 476 g/mol. The number of carbonyl (C=O) groups excluding carboxylic acids is 1. The number of aryl methyl sites for hydroxylation is 1. The third kappa shape index (κ3) is 6.75. The van der Waals surface area contributed by atoms with E-state index in [4.69, 9.17) is 9.72 Å². The van der Waals surface area contributed by atoms with Crippen molar-refractivity contribution in [2.75, 3.05) is 26.2 Å². The van der Waals surface area contributed by atoms with Crippen LogP contribution in [0, 0.1) is 12.8 Å². The van der Waals surface area contributed by atoms with E-state index in [1.807, 2.05) is 13.1 Å². The largest absolute Gasteiger partial charge is 0.470 e. The minimum atomic E-state index is 0.144. The molecule has 0 spiro atoms. The van der Waals surface area contributed by atoms with E-state index in [9.17, 15) is 4.79 Å². The molecular weight excluding hydrogens is 440 g/mol. The Morgan fingerprint density at radius 1 is 1.22 bits per heavy atom. The summed E-state index contributed by atoms with van der Waals surface area (Å²) in [5.74, 6) is 0.933. The lowest BCUT2D eigenvalue weighted by Gasteiger charge is -2.30. The zero-order chi connectivity index (χ0) is 22.3. The summed E-state index contributed by atoms with van der Waals surface area (Å²) in [4.78, 5) is 26.4. The summed E-state index contributed by atoms with van der Waals surface area (Å²) in [6, 6.07) is 0.345. The van der Waals surface area contributed by atoms with Gasteiger partial charge < -0.3 is 15.0 Å². The van der Waals surface area contributed by atoms with Crippen molar-refractivity contribution in [1.29, 1.82) is 0 Å². The van der Waals surface area contributed by atoms with Gasteiger partial charge in [-0.1, -0.05) is 18.3 Å². The number of carbonyl (C=O) groups is 1. The summed E-state index contributed by atoms with van der Waals surface area (Å²) < 4.78 is 5.73. The normalized spacial score (nSPS) is 21.7. The second-order valence-corrected chi connectivity index (χ2v) is 11.5. The van der Waals surface area contributed by atoms with Crippen LogP contribution in [0.3, 0.4) is 0 Å². The second kappa shape index (κ2) is 11.6.